The summed E-state index contributed by atoms with van der Waals surface area (Å²) in [7, 11) is 0. The third-order valence-electron chi connectivity index (χ3n) is 5.16. The van der Waals surface area contributed by atoms with Crippen LogP contribution in [0.2, 0.25) is 0 Å². The minimum atomic E-state index is -1.43. The molecule has 0 fully saturated rings. The van der Waals surface area contributed by atoms with Gasteiger partial charge in [-0.25, -0.2) is 0 Å². The van der Waals surface area contributed by atoms with Crippen LogP contribution in [0.4, 0.5) is 0 Å². The molecule has 1 rings (SSSR count). The molecule has 5 N–H and O–H groups in total. The highest BCUT2D eigenvalue weighted by atomic mass is 16.4. The second kappa shape index (κ2) is 16.8. The molecule has 0 aliphatic carbocycles. The van der Waals surface area contributed by atoms with Crippen molar-refractivity contribution in [3.8, 4) is 0 Å². The molecule has 0 bridgehead atoms. The second-order valence-corrected chi connectivity index (χ2v) is 8.45. The normalized spacial score (nSPS) is 30.8. The Bertz CT molecular complexity index is 847. The quantitative estimate of drug-likeness (QED) is 0.374. The molecule has 34 heavy (non-hydrogen) atoms. The van der Waals surface area contributed by atoms with E-state index < -0.39 is 30.3 Å². The number of hydrogen-bond donors (Lipinski definition) is 5. The SMILES string of the molecule is CC1=CC=CC=CCC(C)NC(=O)C=CC=CC(C)[C@@H](O)C(O)[C@@H](O)C[C@@H](O)C=CC=CC=C1. The van der Waals surface area contributed by atoms with Crippen molar-refractivity contribution < 1.29 is 25.2 Å². The number of carbonyl (C=O) groups excluding carboxylic acids is 1. The molecule has 0 radical (unpaired) electrons. The van der Waals surface area contributed by atoms with E-state index in [9.17, 15) is 25.2 Å². The minimum absolute atomic E-state index is 0.0295. The van der Waals surface area contributed by atoms with E-state index in [-0.39, 0.29) is 18.4 Å². The Labute approximate surface area is 203 Å². The van der Waals surface area contributed by atoms with Crippen LogP contribution in [-0.2, 0) is 4.79 Å². The van der Waals surface area contributed by atoms with Gasteiger partial charge in [0.05, 0.1) is 18.3 Å². The lowest BCUT2D eigenvalue weighted by Gasteiger charge is -2.26. The average molecular weight is 470 g/mol. The average Bonchev–Trinajstić information content (AvgIpc) is 2.79. The Kier molecular flexibility index (Phi) is 14.4. The molecule has 0 aromatic heterocycles. The predicted octanol–water partition coefficient (Wildman–Crippen LogP) is 3.20. The zero-order valence-corrected chi connectivity index (χ0v) is 20.2. The zero-order valence-electron chi connectivity index (χ0n) is 20.2. The summed E-state index contributed by atoms with van der Waals surface area (Å²) in [6.07, 6.45) is 22.2. The van der Waals surface area contributed by atoms with Gasteiger partial charge in [-0.1, -0.05) is 97.6 Å². The molecular formula is C28H39NO5. The fraction of sp³-hybridized carbons (Fsp3) is 0.393. The fourth-order valence-corrected chi connectivity index (χ4v) is 3.07. The van der Waals surface area contributed by atoms with Gasteiger partial charge in [0.2, 0.25) is 5.91 Å². The van der Waals surface area contributed by atoms with Crippen molar-refractivity contribution in [2.75, 3.05) is 0 Å². The van der Waals surface area contributed by atoms with E-state index in [1.54, 1.807) is 37.3 Å². The van der Waals surface area contributed by atoms with Gasteiger partial charge in [-0.3, -0.25) is 4.79 Å². The second-order valence-electron chi connectivity index (χ2n) is 8.45. The third kappa shape index (κ3) is 13.1. The Balaban J connectivity index is 2.93. The van der Waals surface area contributed by atoms with Crippen molar-refractivity contribution in [1.82, 2.24) is 5.32 Å². The molecule has 0 aromatic rings. The summed E-state index contributed by atoms with van der Waals surface area (Å²) in [6.45, 7) is 5.59. The highest BCUT2D eigenvalue weighted by Crippen LogP contribution is 2.15. The summed E-state index contributed by atoms with van der Waals surface area (Å²) in [5.41, 5.74) is 1.06. The number of allylic oxidation sites excluding steroid dienone is 12. The van der Waals surface area contributed by atoms with Crippen LogP contribution in [-0.4, -0.2) is 56.8 Å². The van der Waals surface area contributed by atoms with E-state index in [0.717, 1.165) is 5.57 Å². The van der Waals surface area contributed by atoms with Gasteiger partial charge in [0.15, 0.2) is 0 Å². The van der Waals surface area contributed by atoms with Crippen LogP contribution in [0.1, 0.15) is 33.6 Å². The van der Waals surface area contributed by atoms with Gasteiger partial charge in [-0.05, 0) is 20.3 Å². The summed E-state index contributed by atoms with van der Waals surface area (Å²) in [5, 5.41) is 43.7. The molecule has 1 aliphatic heterocycles. The lowest BCUT2D eigenvalue weighted by Crippen LogP contribution is -2.41. The molecule has 186 valence electrons. The number of aliphatic hydroxyl groups excluding tert-OH is 4. The first kappa shape index (κ1) is 29.3. The van der Waals surface area contributed by atoms with Crippen molar-refractivity contribution in [3.05, 3.63) is 96.7 Å². The molecule has 0 saturated carbocycles. The Morgan fingerprint density at radius 1 is 0.794 bits per heavy atom. The van der Waals surface area contributed by atoms with Crippen molar-refractivity contribution >= 4 is 5.91 Å². The van der Waals surface area contributed by atoms with Crippen LogP contribution < -0.4 is 5.32 Å². The highest BCUT2D eigenvalue weighted by Gasteiger charge is 2.28. The highest BCUT2D eigenvalue weighted by molar-refractivity contribution is 5.87. The predicted molar refractivity (Wildman–Crippen MR) is 138 cm³/mol. The Morgan fingerprint density at radius 2 is 1.44 bits per heavy atom. The molecule has 3 unspecified atom stereocenters. The molecule has 0 aromatic carbocycles. The van der Waals surface area contributed by atoms with Crippen LogP contribution in [0, 0.1) is 5.92 Å². The fourth-order valence-electron chi connectivity index (χ4n) is 3.07. The van der Waals surface area contributed by atoms with Crippen LogP contribution >= 0.6 is 0 Å². The van der Waals surface area contributed by atoms with Crippen molar-refractivity contribution in [1.29, 1.82) is 0 Å². The van der Waals surface area contributed by atoms with E-state index in [1.165, 1.54) is 12.2 Å². The lowest BCUT2D eigenvalue weighted by atomic mass is 9.93. The van der Waals surface area contributed by atoms with Crippen LogP contribution in [0.25, 0.3) is 0 Å². The maximum Gasteiger partial charge on any atom is 0.244 e. The van der Waals surface area contributed by atoms with Crippen LogP contribution in [0.15, 0.2) is 96.7 Å². The number of aliphatic hydroxyl groups is 4. The number of amides is 1. The first-order valence-electron chi connectivity index (χ1n) is 11.6. The molecule has 1 heterocycles. The first-order valence-corrected chi connectivity index (χ1v) is 11.6. The van der Waals surface area contributed by atoms with Gasteiger partial charge in [-0.15, -0.1) is 0 Å². The largest absolute Gasteiger partial charge is 0.390 e. The zero-order chi connectivity index (χ0) is 25.3. The number of hydrogen-bond acceptors (Lipinski definition) is 5. The summed E-state index contributed by atoms with van der Waals surface area (Å²) in [6, 6.07) is -0.0295. The minimum Gasteiger partial charge on any atom is -0.390 e. The summed E-state index contributed by atoms with van der Waals surface area (Å²) in [5.74, 6) is -0.708. The number of carbonyl (C=O) groups is 1. The maximum atomic E-state index is 12.0. The molecule has 6 heteroatoms. The van der Waals surface area contributed by atoms with Gasteiger partial charge < -0.3 is 25.7 Å². The molecule has 1 amide bonds. The monoisotopic (exact) mass is 469 g/mol. The Hall–Kier alpha value is -2.77. The lowest BCUT2D eigenvalue weighted by molar-refractivity contribution is -0.117. The van der Waals surface area contributed by atoms with Crippen molar-refractivity contribution in [3.63, 3.8) is 0 Å². The molecule has 0 spiro atoms. The van der Waals surface area contributed by atoms with E-state index >= 15 is 0 Å². The standard InChI is InChI=1S/C28H39NO5/c1-21-14-8-4-6-10-17-23(3)29-26(32)19-13-12-16-22(2)27(33)28(34)25(31)20-24(30)18-11-7-5-9-15-21/h4-16,18-19,22-25,27-28,30-31,33-34H,17,20H2,1-3H3,(H,29,32)/t22?,23?,24-,25-,27+,28?/m0/s1. The molecule has 6 nitrogen and oxygen atoms in total. The molecule has 0 saturated heterocycles. The van der Waals surface area contributed by atoms with Crippen molar-refractivity contribution in [2.24, 2.45) is 5.92 Å². The number of rotatable bonds is 0. The van der Waals surface area contributed by atoms with Gasteiger partial charge in [0.25, 0.3) is 0 Å². The van der Waals surface area contributed by atoms with Gasteiger partial charge in [0.1, 0.15) is 6.10 Å². The van der Waals surface area contributed by atoms with E-state index in [1.807, 2.05) is 62.5 Å². The van der Waals surface area contributed by atoms with Gasteiger partial charge in [0, 0.05) is 24.5 Å². The summed E-state index contributed by atoms with van der Waals surface area (Å²) < 4.78 is 0. The summed E-state index contributed by atoms with van der Waals surface area (Å²) >= 11 is 0. The van der Waals surface area contributed by atoms with Crippen LogP contribution in [0.5, 0.6) is 0 Å². The van der Waals surface area contributed by atoms with E-state index in [0.29, 0.717) is 6.42 Å². The van der Waals surface area contributed by atoms with E-state index in [4.69, 9.17) is 0 Å². The van der Waals surface area contributed by atoms with Gasteiger partial charge >= 0.3 is 0 Å². The van der Waals surface area contributed by atoms with Gasteiger partial charge in [-0.2, -0.15) is 0 Å². The van der Waals surface area contributed by atoms with E-state index in [2.05, 4.69) is 5.32 Å². The van der Waals surface area contributed by atoms with Crippen LogP contribution in [0.3, 0.4) is 0 Å². The smallest absolute Gasteiger partial charge is 0.244 e. The summed E-state index contributed by atoms with van der Waals surface area (Å²) in [4.78, 5) is 12.0. The molecule has 6 atom stereocenters. The topological polar surface area (TPSA) is 110 Å². The number of nitrogens with one attached hydrogen (secondary N) is 1. The third-order valence-corrected chi connectivity index (χ3v) is 5.16. The molecular weight excluding hydrogens is 430 g/mol. The Morgan fingerprint density at radius 3 is 2.21 bits per heavy atom. The molecule has 1 aliphatic rings. The maximum absolute atomic E-state index is 12.0. The van der Waals surface area contributed by atoms with Crippen molar-refractivity contribution in [2.45, 2.75) is 64.1 Å². The first-order chi connectivity index (χ1) is 16.2.